The molecule has 90 valence electrons. The molecule has 0 fully saturated rings. The molecule has 1 aromatic carbocycles. The highest BCUT2D eigenvalue weighted by Crippen LogP contribution is 2.04. The van der Waals surface area contributed by atoms with Gasteiger partial charge in [0.1, 0.15) is 6.33 Å². The van der Waals surface area contributed by atoms with Crippen molar-refractivity contribution in [2.24, 2.45) is 7.05 Å². The van der Waals surface area contributed by atoms with E-state index in [1.165, 1.54) is 11.1 Å². The Balaban J connectivity index is 1.81. The van der Waals surface area contributed by atoms with Crippen LogP contribution in [0.15, 0.2) is 30.6 Å². The van der Waals surface area contributed by atoms with Gasteiger partial charge in [-0.3, -0.25) is 4.68 Å². The van der Waals surface area contributed by atoms with Crippen LogP contribution in [0.4, 0.5) is 0 Å². The molecular weight excluding hydrogens is 212 g/mol. The second kappa shape index (κ2) is 5.59. The van der Waals surface area contributed by atoms with Gasteiger partial charge in [-0.2, -0.15) is 5.10 Å². The highest BCUT2D eigenvalue weighted by atomic mass is 15.3. The fourth-order valence-corrected chi connectivity index (χ4v) is 1.68. The van der Waals surface area contributed by atoms with Gasteiger partial charge in [0.05, 0.1) is 6.54 Å². The molecule has 0 bridgehead atoms. The lowest BCUT2D eigenvalue weighted by Gasteiger charge is -2.03. The minimum atomic E-state index is 0.705. The summed E-state index contributed by atoms with van der Waals surface area (Å²) in [4.78, 5) is 4.16. The minimum absolute atomic E-state index is 0.705. The van der Waals surface area contributed by atoms with Gasteiger partial charge < -0.3 is 5.32 Å². The van der Waals surface area contributed by atoms with Crippen LogP contribution in [0.25, 0.3) is 0 Å². The molecule has 17 heavy (non-hydrogen) atoms. The van der Waals surface area contributed by atoms with Crippen LogP contribution < -0.4 is 5.32 Å². The van der Waals surface area contributed by atoms with E-state index in [0.717, 1.165) is 18.8 Å². The van der Waals surface area contributed by atoms with Gasteiger partial charge in [-0.05, 0) is 17.5 Å². The molecular formula is C13H18N4. The van der Waals surface area contributed by atoms with E-state index in [-0.39, 0.29) is 0 Å². The fourth-order valence-electron chi connectivity index (χ4n) is 1.68. The Labute approximate surface area is 102 Å². The maximum absolute atomic E-state index is 4.21. The third kappa shape index (κ3) is 3.39. The number of hydrogen-bond donors (Lipinski definition) is 1. The molecule has 0 saturated heterocycles. The predicted molar refractivity (Wildman–Crippen MR) is 67.4 cm³/mol. The second-order valence-electron chi connectivity index (χ2n) is 4.11. The highest BCUT2D eigenvalue weighted by molar-refractivity contribution is 5.22. The normalized spacial score (nSPS) is 10.7. The van der Waals surface area contributed by atoms with E-state index in [0.29, 0.717) is 6.54 Å². The molecule has 0 unspecified atom stereocenters. The number of nitrogens with one attached hydrogen (secondary N) is 1. The minimum Gasteiger partial charge on any atom is -0.306 e. The number of hydrogen-bond acceptors (Lipinski definition) is 3. The van der Waals surface area contributed by atoms with Crippen molar-refractivity contribution in [3.63, 3.8) is 0 Å². The smallest absolute Gasteiger partial charge is 0.164 e. The zero-order chi connectivity index (χ0) is 12.1. The third-order valence-electron chi connectivity index (χ3n) is 2.69. The van der Waals surface area contributed by atoms with Crippen molar-refractivity contribution < 1.29 is 0 Å². The molecule has 2 aromatic rings. The van der Waals surface area contributed by atoms with Crippen molar-refractivity contribution >= 4 is 0 Å². The van der Waals surface area contributed by atoms with Crippen molar-refractivity contribution in [3.8, 4) is 0 Å². The van der Waals surface area contributed by atoms with E-state index >= 15 is 0 Å². The molecule has 4 nitrogen and oxygen atoms in total. The van der Waals surface area contributed by atoms with Crippen molar-refractivity contribution in [3.05, 3.63) is 47.5 Å². The Hall–Kier alpha value is -1.68. The van der Waals surface area contributed by atoms with Gasteiger partial charge in [0.15, 0.2) is 5.82 Å². The molecule has 1 heterocycles. The topological polar surface area (TPSA) is 42.7 Å². The standard InChI is InChI=1S/C13H18N4/c1-3-11-4-6-12(7-5-11)8-14-9-13-15-10-17(2)16-13/h4-7,10,14H,3,8-9H2,1-2H3. The summed E-state index contributed by atoms with van der Waals surface area (Å²) < 4.78 is 1.72. The predicted octanol–water partition coefficient (Wildman–Crippen LogP) is 1.67. The summed E-state index contributed by atoms with van der Waals surface area (Å²) in [5.74, 6) is 0.831. The Morgan fingerprint density at radius 1 is 1.12 bits per heavy atom. The van der Waals surface area contributed by atoms with Crippen molar-refractivity contribution in [1.82, 2.24) is 20.1 Å². The molecule has 0 saturated carbocycles. The molecule has 4 heteroatoms. The van der Waals surface area contributed by atoms with Crippen LogP contribution >= 0.6 is 0 Å². The Bertz CT molecular complexity index is 459. The molecule has 0 aliphatic heterocycles. The Morgan fingerprint density at radius 3 is 2.41 bits per heavy atom. The van der Waals surface area contributed by atoms with E-state index in [1.54, 1.807) is 11.0 Å². The number of nitrogens with zero attached hydrogens (tertiary/aromatic N) is 3. The summed E-state index contributed by atoms with van der Waals surface area (Å²) in [6, 6.07) is 8.68. The third-order valence-corrected chi connectivity index (χ3v) is 2.69. The fraction of sp³-hybridized carbons (Fsp3) is 0.385. The number of rotatable bonds is 5. The second-order valence-corrected chi connectivity index (χ2v) is 4.11. The van der Waals surface area contributed by atoms with Crippen LogP contribution in [0.2, 0.25) is 0 Å². The first-order valence-corrected chi connectivity index (χ1v) is 5.91. The lowest BCUT2D eigenvalue weighted by molar-refractivity contribution is 0.649. The lowest BCUT2D eigenvalue weighted by Crippen LogP contribution is -2.14. The molecule has 0 radical (unpaired) electrons. The van der Waals surface area contributed by atoms with Crippen LogP contribution in [0.1, 0.15) is 23.9 Å². The van der Waals surface area contributed by atoms with Gasteiger partial charge in [-0.1, -0.05) is 31.2 Å². The van der Waals surface area contributed by atoms with Crippen LogP contribution in [0.5, 0.6) is 0 Å². The van der Waals surface area contributed by atoms with Crippen molar-refractivity contribution in [2.75, 3.05) is 0 Å². The summed E-state index contributed by atoms with van der Waals surface area (Å²) in [5, 5.41) is 7.54. The highest BCUT2D eigenvalue weighted by Gasteiger charge is 1.98. The van der Waals surface area contributed by atoms with Crippen LogP contribution in [-0.4, -0.2) is 14.8 Å². The van der Waals surface area contributed by atoms with Gasteiger partial charge in [0.2, 0.25) is 0 Å². The summed E-state index contributed by atoms with van der Waals surface area (Å²) in [5.41, 5.74) is 2.67. The molecule has 0 aliphatic rings. The number of benzene rings is 1. The summed E-state index contributed by atoms with van der Waals surface area (Å²) in [6.45, 7) is 3.72. The van der Waals surface area contributed by atoms with E-state index in [4.69, 9.17) is 0 Å². The molecule has 0 atom stereocenters. The SMILES string of the molecule is CCc1ccc(CNCc2ncn(C)n2)cc1. The van der Waals surface area contributed by atoms with E-state index in [2.05, 4.69) is 46.6 Å². The average Bonchev–Trinajstić information content (AvgIpc) is 2.76. The zero-order valence-corrected chi connectivity index (χ0v) is 10.3. The van der Waals surface area contributed by atoms with Gasteiger partial charge in [0.25, 0.3) is 0 Å². The van der Waals surface area contributed by atoms with E-state index in [1.807, 2.05) is 7.05 Å². The first-order chi connectivity index (χ1) is 8.28. The van der Waals surface area contributed by atoms with Crippen LogP contribution in [0, 0.1) is 0 Å². The maximum Gasteiger partial charge on any atom is 0.164 e. The quantitative estimate of drug-likeness (QED) is 0.849. The van der Waals surface area contributed by atoms with Gasteiger partial charge in [-0.15, -0.1) is 0 Å². The summed E-state index contributed by atoms with van der Waals surface area (Å²) >= 11 is 0. The van der Waals surface area contributed by atoms with Gasteiger partial charge in [0, 0.05) is 13.6 Å². The summed E-state index contributed by atoms with van der Waals surface area (Å²) in [6.07, 6.45) is 2.80. The Morgan fingerprint density at radius 2 is 1.82 bits per heavy atom. The van der Waals surface area contributed by atoms with Crippen LogP contribution in [0.3, 0.4) is 0 Å². The number of aryl methyl sites for hydroxylation is 2. The average molecular weight is 230 g/mol. The van der Waals surface area contributed by atoms with Gasteiger partial charge >= 0.3 is 0 Å². The van der Waals surface area contributed by atoms with Crippen molar-refractivity contribution in [2.45, 2.75) is 26.4 Å². The van der Waals surface area contributed by atoms with E-state index < -0.39 is 0 Å². The number of aromatic nitrogens is 3. The Kier molecular flexibility index (Phi) is 3.88. The molecule has 1 N–H and O–H groups in total. The molecule has 2 rings (SSSR count). The molecule has 0 amide bonds. The lowest BCUT2D eigenvalue weighted by atomic mass is 10.1. The monoisotopic (exact) mass is 230 g/mol. The molecule has 1 aromatic heterocycles. The largest absolute Gasteiger partial charge is 0.306 e. The summed E-state index contributed by atoms with van der Waals surface area (Å²) in [7, 11) is 1.87. The first kappa shape index (κ1) is 11.8. The van der Waals surface area contributed by atoms with Crippen LogP contribution in [-0.2, 0) is 26.6 Å². The van der Waals surface area contributed by atoms with Gasteiger partial charge in [-0.25, -0.2) is 4.98 Å². The van der Waals surface area contributed by atoms with Crippen molar-refractivity contribution in [1.29, 1.82) is 0 Å². The first-order valence-electron chi connectivity index (χ1n) is 5.91. The molecule has 0 spiro atoms. The maximum atomic E-state index is 4.21. The van der Waals surface area contributed by atoms with E-state index in [9.17, 15) is 0 Å². The molecule has 0 aliphatic carbocycles. The zero-order valence-electron chi connectivity index (χ0n) is 10.3.